The summed E-state index contributed by atoms with van der Waals surface area (Å²) in [7, 11) is 0. The molecule has 1 atom stereocenters. The zero-order valence-electron chi connectivity index (χ0n) is 16.3. The lowest BCUT2D eigenvalue weighted by molar-refractivity contribution is 0.0536. The number of aliphatic hydroxyl groups is 2. The van der Waals surface area contributed by atoms with Crippen molar-refractivity contribution in [3.63, 3.8) is 0 Å². The van der Waals surface area contributed by atoms with Crippen LogP contribution in [0.25, 0.3) is 11.1 Å². The summed E-state index contributed by atoms with van der Waals surface area (Å²) in [6, 6.07) is 22.2. The minimum atomic E-state index is -0.866. The van der Waals surface area contributed by atoms with Crippen molar-refractivity contribution >= 4 is 0 Å². The first-order chi connectivity index (χ1) is 13.5. The van der Waals surface area contributed by atoms with Crippen LogP contribution in [0.3, 0.4) is 0 Å². The van der Waals surface area contributed by atoms with Crippen LogP contribution >= 0.6 is 0 Å². The number of aliphatic hydroxyl groups excluding tert-OH is 2. The van der Waals surface area contributed by atoms with E-state index in [1.54, 1.807) is 0 Å². The summed E-state index contributed by atoms with van der Waals surface area (Å²) in [6.45, 7) is 4.43. The molecule has 0 aromatic heterocycles. The van der Waals surface area contributed by atoms with E-state index in [1.165, 1.54) is 5.56 Å². The second-order valence-corrected chi connectivity index (χ2v) is 6.93. The van der Waals surface area contributed by atoms with Gasteiger partial charge in [0.2, 0.25) is 0 Å². The highest BCUT2D eigenvalue weighted by Gasteiger charge is 2.06. The Bertz CT molecular complexity index is 885. The lowest BCUT2D eigenvalue weighted by Crippen LogP contribution is -2.21. The van der Waals surface area contributed by atoms with Gasteiger partial charge in [-0.25, -0.2) is 0 Å². The Balaban J connectivity index is 1.63. The molecule has 0 aliphatic heterocycles. The highest BCUT2D eigenvalue weighted by Crippen LogP contribution is 2.28. The molecule has 28 heavy (non-hydrogen) atoms. The molecular formula is C24H26O4. The van der Waals surface area contributed by atoms with E-state index in [4.69, 9.17) is 14.6 Å². The zero-order valence-corrected chi connectivity index (χ0v) is 16.3. The maximum atomic E-state index is 9.35. The third kappa shape index (κ3) is 5.35. The zero-order chi connectivity index (χ0) is 19.9. The van der Waals surface area contributed by atoms with Crippen LogP contribution in [0.2, 0.25) is 0 Å². The molecule has 0 saturated heterocycles. The number of ether oxygens (including phenoxy) is 2. The summed E-state index contributed by atoms with van der Waals surface area (Å²) in [5.41, 5.74) is 5.64. The molecule has 0 bridgehead atoms. The Morgan fingerprint density at radius 3 is 2.14 bits per heavy atom. The van der Waals surface area contributed by atoms with Gasteiger partial charge >= 0.3 is 0 Å². The van der Waals surface area contributed by atoms with E-state index < -0.39 is 6.10 Å². The van der Waals surface area contributed by atoms with Crippen molar-refractivity contribution in [2.45, 2.75) is 26.6 Å². The van der Waals surface area contributed by atoms with Crippen LogP contribution in [0.15, 0.2) is 66.7 Å². The average molecular weight is 378 g/mol. The van der Waals surface area contributed by atoms with Crippen LogP contribution in [-0.4, -0.2) is 29.5 Å². The van der Waals surface area contributed by atoms with Gasteiger partial charge in [0.15, 0.2) is 0 Å². The highest BCUT2D eigenvalue weighted by atomic mass is 16.5. The Morgan fingerprint density at radius 1 is 0.821 bits per heavy atom. The molecule has 0 aliphatic carbocycles. The monoisotopic (exact) mass is 378 g/mol. The highest BCUT2D eigenvalue weighted by molar-refractivity contribution is 5.66. The fourth-order valence-corrected chi connectivity index (χ4v) is 2.83. The van der Waals surface area contributed by atoms with Gasteiger partial charge < -0.3 is 19.7 Å². The van der Waals surface area contributed by atoms with Crippen molar-refractivity contribution in [3.8, 4) is 22.6 Å². The topological polar surface area (TPSA) is 58.9 Å². The first-order valence-corrected chi connectivity index (χ1v) is 9.36. The lowest BCUT2D eigenvalue weighted by atomic mass is 10.0. The van der Waals surface area contributed by atoms with Crippen molar-refractivity contribution < 1.29 is 19.7 Å². The van der Waals surface area contributed by atoms with E-state index >= 15 is 0 Å². The second kappa shape index (κ2) is 9.40. The molecule has 1 unspecified atom stereocenters. The fourth-order valence-electron chi connectivity index (χ4n) is 2.83. The number of rotatable bonds is 8. The van der Waals surface area contributed by atoms with Gasteiger partial charge in [-0.05, 0) is 60.4 Å². The summed E-state index contributed by atoms with van der Waals surface area (Å²) in [5, 5.41) is 18.2. The van der Waals surface area contributed by atoms with Crippen LogP contribution in [0.1, 0.15) is 16.7 Å². The number of hydrogen-bond donors (Lipinski definition) is 2. The summed E-state index contributed by atoms with van der Waals surface area (Å²) in [4.78, 5) is 0. The standard InChI is InChI=1S/C24H26O4/c1-17-3-5-19(6-4-17)15-28-24-12-9-21(13-18(24)2)20-7-10-23(11-8-20)27-16-22(26)14-25/h3-13,22,25-26H,14-16H2,1-2H3. The Labute approximate surface area is 166 Å². The predicted molar refractivity (Wildman–Crippen MR) is 111 cm³/mol. The maximum Gasteiger partial charge on any atom is 0.122 e. The van der Waals surface area contributed by atoms with Gasteiger partial charge in [0.1, 0.15) is 30.8 Å². The largest absolute Gasteiger partial charge is 0.491 e. The quantitative estimate of drug-likeness (QED) is 0.614. The van der Waals surface area contributed by atoms with Crippen LogP contribution in [0.4, 0.5) is 0 Å². The minimum absolute atomic E-state index is 0.0714. The van der Waals surface area contributed by atoms with Crippen LogP contribution in [-0.2, 0) is 6.61 Å². The van der Waals surface area contributed by atoms with Gasteiger partial charge in [0.05, 0.1) is 6.61 Å². The third-order valence-electron chi connectivity index (χ3n) is 4.53. The van der Waals surface area contributed by atoms with Gasteiger partial charge in [0, 0.05) is 0 Å². The Morgan fingerprint density at radius 2 is 1.50 bits per heavy atom. The van der Waals surface area contributed by atoms with E-state index in [-0.39, 0.29) is 13.2 Å². The minimum Gasteiger partial charge on any atom is -0.491 e. The van der Waals surface area contributed by atoms with E-state index in [0.29, 0.717) is 12.4 Å². The molecule has 0 fully saturated rings. The molecule has 0 aliphatic rings. The third-order valence-corrected chi connectivity index (χ3v) is 4.53. The lowest BCUT2D eigenvalue weighted by Gasteiger charge is -2.12. The molecular weight excluding hydrogens is 352 g/mol. The fraction of sp³-hybridized carbons (Fsp3) is 0.250. The summed E-state index contributed by atoms with van der Waals surface area (Å²) < 4.78 is 11.4. The summed E-state index contributed by atoms with van der Waals surface area (Å²) in [5.74, 6) is 1.54. The molecule has 3 aromatic rings. The normalized spacial score (nSPS) is 11.9. The van der Waals surface area contributed by atoms with Crippen molar-refractivity contribution in [1.29, 1.82) is 0 Å². The first-order valence-electron chi connectivity index (χ1n) is 9.36. The second-order valence-electron chi connectivity index (χ2n) is 6.93. The molecule has 0 saturated carbocycles. The molecule has 0 amide bonds. The average Bonchev–Trinajstić information content (AvgIpc) is 2.72. The van der Waals surface area contributed by atoms with Crippen LogP contribution in [0.5, 0.6) is 11.5 Å². The van der Waals surface area contributed by atoms with Crippen molar-refractivity contribution in [3.05, 3.63) is 83.4 Å². The molecule has 3 aromatic carbocycles. The Kier molecular flexibility index (Phi) is 6.69. The van der Waals surface area contributed by atoms with Crippen LogP contribution in [0, 0.1) is 13.8 Å². The van der Waals surface area contributed by atoms with Gasteiger partial charge in [-0.2, -0.15) is 0 Å². The Hall–Kier alpha value is -2.82. The van der Waals surface area contributed by atoms with E-state index in [2.05, 4.69) is 37.3 Å². The van der Waals surface area contributed by atoms with Gasteiger partial charge in [-0.1, -0.05) is 48.0 Å². The summed E-state index contributed by atoms with van der Waals surface area (Å²) >= 11 is 0. The number of hydrogen-bond acceptors (Lipinski definition) is 4. The van der Waals surface area contributed by atoms with Gasteiger partial charge in [0.25, 0.3) is 0 Å². The molecule has 2 N–H and O–H groups in total. The van der Waals surface area contributed by atoms with Crippen molar-refractivity contribution in [1.82, 2.24) is 0 Å². The molecule has 4 heteroatoms. The molecule has 0 spiro atoms. The SMILES string of the molecule is Cc1ccc(COc2ccc(-c3ccc(OCC(O)CO)cc3)cc2C)cc1. The number of aryl methyl sites for hydroxylation is 2. The van der Waals surface area contributed by atoms with E-state index in [0.717, 1.165) is 28.0 Å². The maximum absolute atomic E-state index is 9.35. The molecule has 3 rings (SSSR count). The smallest absolute Gasteiger partial charge is 0.122 e. The van der Waals surface area contributed by atoms with Gasteiger partial charge in [-0.3, -0.25) is 0 Å². The van der Waals surface area contributed by atoms with Crippen molar-refractivity contribution in [2.75, 3.05) is 13.2 Å². The first kappa shape index (κ1) is 19.9. The molecule has 4 nitrogen and oxygen atoms in total. The molecule has 146 valence electrons. The predicted octanol–water partition coefficient (Wildman–Crippen LogP) is 4.28. The molecule has 0 heterocycles. The number of benzene rings is 3. The summed E-state index contributed by atoms with van der Waals surface area (Å²) in [6.07, 6.45) is -0.866. The van der Waals surface area contributed by atoms with Crippen molar-refractivity contribution in [2.24, 2.45) is 0 Å². The van der Waals surface area contributed by atoms with E-state index in [9.17, 15) is 5.11 Å². The van der Waals surface area contributed by atoms with E-state index in [1.807, 2.05) is 43.3 Å². The molecule has 0 radical (unpaired) electrons. The van der Waals surface area contributed by atoms with Crippen LogP contribution < -0.4 is 9.47 Å². The van der Waals surface area contributed by atoms with Gasteiger partial charge in [-0.15, -0.1) is 0 Å².